The van der Waals surface area contributed by atoms with Crippen LogP contribution in [0.25, 0.3) is 0 Å². The van der Waals surface area contributed by atoms with Gasteiger partial charge in [-0.05, 0) is 30.7 Å². The minimum atomic E-state index is -0.626. The Morgan fingerprint density at radius 3 is 2.62 bits per heavy atom. The number of hydrogen-bond donors (Lipinski definition) is 1. The molecule has 0 radical (unpaired) electrons. The SMILES string of the molecule is Cc1cc(F)c(NCc2cc(Cl)ccc2[N+](=O)[O-])cc1F. The Hall–Kier alpha value is -2.21. The molecule has 2 aromatic carbocycles. The summed E-state index contributed by atoms with van der Waals surface area (Å²) in [5.74, 6) is -1.18. The number of hydrogen-bond acceptors (Lipinski definition) is 3. The lowest BCUT2D eigenvalue weighted by Crippen LogP contribution is -2.05. The first-order valence-corrected chi connectivity index (χ1v) is 6.38. The number of aryl methyl sites for hydroxylation is 1. The number of benzene rings is 2. The summed E-state index contributed by atoms with van der Waals surface area (Å²) in [6.45, 7) is 1.40. The number of rotatable bonds is 4. The van der Waals surface area contributed by atoms with Gasteiger partial charge in [-0.15, -0.1) is 0 Å². The third-order valence-corrected chi connectivity index (χ3v) is 3.19. The summed E-state index contributed by atoms with van der Waals surface area (Å²) in [7, 11) is 0. The van der Waals surface area contributed by atoms with Gasteiger partial charge in [-0.3, -0.25) is 10.1 Å². The second-order valence-electron chi connectivity index (χ2n) is 4.46. The molecule has 110 valence electrons. The molecule has 0 unspecified atom stereocenters. The number of nitrogens with one attached hydrogen (secondary N) is 1. The van der Waals surface area contributed by atoms with Gasteiger partial charge in [0.1, 0.15) is 11.6 Å². The molecule has 0 saturated heterocycles. The van der Waals surface area contributed by atoms with E-state index in [1.54, 1.807) is 0 Å². The van der Waals surface area contributed by atoms with Crippen LogP contribution in [0, 0.1) is 28.7 Å². The molecule has 0 aliphatic rings. The van der Waals surface area contributed by atoms with Gasteiger partial charge in [0.2, 0.25) is 0 Å². The average Bonchev–Trinajstić information content (AvgIpc) is 2.41. The Bertz CT molecular complexity index is 708. The van der Waals surface area contributed by atoms with Gasteiger partial charge in [0.15, 0.2) is 0 Å². The zero-order valence-corrected chi connectivity index (χ0v) is 11.7. The predicted octanol–water partition coefficient (Wildman–Crippen LogP) is 4.45. The molecule has 0 saturated carbocycles. The molecular weight excluding hydrogens is 302 g/mol. The second-order valence-corrected chi connectivity index (χ2v) is 4.90. The van der Waals surface area contributed by atoms with Crippen molar-refractivity contribution in [1.82, 2.24) is 0 Å². The Labute approximate surface area is 124 Å². The molecule has 0 aliphatic heterocycles. The van der Waals surface area contributed by atoms with Gasteiger partial charge in [0.25, 0.3) is 5.69 Å². The maximum atomic E-state index is 13.7. The van der Waals surface area contributed by atoms with Crippen LogP contribution < -0.4 is 5.32 Å². The van der Waals surface area contributed by atoms with Crippen molar-refractivity contribution in [3.63, 3.8) is 0 Å². The summed E-state index contributed by atoms with van der Waals surface area (Å²) in [6, 6.07) is 6.15. The quantitative estimate of drug-likeness (QED) is 0.670. The molecule has 0 fully saturated rings. The molecule has 0 bridgehead atoms. The molecule has 0 amide bonds. The first-order chi connectivity index (χ1) is 9.88. The molecule has 0 spiro atoms. The molecule has 2 rings (SSSR count). The van der Waals surface area contributed by atoms with Gasteiger partial charge in [-0.2, -0.15) is 0 Å². The van der Waals surface area contributed by atoms with Crippen LogP contribution >= 0.6 is 11.6 Å². The molecule has 2 aromatic rings. The van der Waals surface area contributed by atoms with Crippen LogP contribution in [0.2, 0.25) is 5.02 Å². The predicted molar refractivity (Wildman–Crippen MR) is 76.5 cm³/mol. The van der Waals surface area contributed by atoms with Gasteiger partial charge in [0.05, 0.1) is 16.2 Å². The van der Waals surface area contributed by atoms with Gasteiger partial charge in [-0.25, -0.2) is 8.78 Å². The van der Waals surface area contributed by atoms with Crippen LogP contribution in [-0.4, -0.2) is 4.92 Å². The number of nitro groups is 1. The van der Waals surface area contributed by atoms with E-state index in [1.165, 1.54) is 25.1 Å². The lowest BCUT2D eigenvalue weighted by molar-refractivity contribution is -0.385. The molecular formula is C14H11ClF2N2O2. The van der Waals surface area contributed by atoms with Crippen LogP contribution in [0.4, 0.5) is 20.2 Å². The number of halogens is 3. The van der Waals surface area contributed by atoms with Crippen LogP contribution in [0.15, 0.2) is 30.3 Å². The summed E-state index contributed by atoms with van der Waals surface area (Å²) < 4.78 is 27.1. The Morgan fingerprint density at radius 1 is 1.24 bits per heavy atom. The summed E-state index contributed by atoms with van der Waals surface area (Å²) in [5.41, 5.74) is 0.270. The highest BCUT2D eigenvalue weighted by Gasteiger charge is 2.15. The number of anilines is 1. The van der Waals surface area contributed by atoms with E-state index in [1.807, 2.05) is 0 Å². The highest BCUT2D eigenvalue weighted by atomic mass is 35.5. The molecule has 1 N–H and O–H groups in total. The van der Waals surface area contributed by atoms with Crippen molar-refractivity contribution in [2.45, 2.75) is 13.5 Å². The lowest BCUT2D eigenvalue weighted by atomic mass is 10.1. The van der Waals surface area contributed by atoms with Crippen molar-refractivity contribution in [3.05, 3.63) is 68.2 Å². The first-order valence-electron chi connectivity index (χ1n) is 6.01. The fraction of sp³-hybridized carbons (Fsp3) is 0.143. The third-order valence-electron chi connectivity index (χ3n) is 2.96. The van der Waals surface area contributed by atoms with E-state index in [2.05, 4.69) is 5.32 Å². The first kappa shape index (κ1) is 15.2. The van der Waals surface area contributed by atoms with E-state index in [9.17, 15) is 18.9 Å². The smallest absolute Gasteiger partial charge is 0.274 e. The van der Waals surface area contributed by atoms with E-state index < -0.39 is 16.6 Å². The summed E-state index contributed by atoms with van der Waals surface area (Å²) in [6.07, 6.45) is 0. The maximum absolute atomic E-state index is 13.7. The topological polar surface area (TPSA) is 55.2 Å². The van der Waals surface area contributed by atoms with Crippen molar-refractivity contribution in [1.29, 1.82) is 0 Å². The minimum absolute atomic E-state index is 0.0453. The maximum Gasteiger partial charge on any atom is 0.274 e. The summed E-state index contributed by atoms with van der Waals surface area (Å²) in [5, 5.41) is 13.9. The van der Waals surface area contributed by atoms with E-state index in [-0.39, 0.29) is 29.0 Å². The standard InChI is InChI=1S/C14H11ClF2N2O2/c1-8-4-12(17)13(6-11(8)16)18-7-9-5-10(15)2-3-14(9)19(20)21/h2-6,18H,7H2,1H3. The minimum Gasteiger partial charge on any atom is -0.378 e. The van der Waals surface area contributed by atoms with Gasteiger partial charge >= 0.3 is 0 Å². The zero-order chi connectivity index (χ0) is 15.6. The van der Waals surface area contributed by atoms with Crippen LogP contribution in [0.5, 0.6) is 0 Å². The monoisotopic (exact) mass is 312 g/mol. The van der Waals surface area contributed by atoms with E-state index in [4.69, 9.17) is 11.6 Å². The molecule has 0 atom stereocenters. The van der Waals surface area contributed by atoms with Gasteiger partial charge in [0, 0.05) is 23.7 Å². The highest BCUT2D eigenvalue weighted by Crippen LogP contribution is 2.25. The molecule has 7 heteroatoms. The Morgan fingerprint density at radius 2 is 1.95 bits per heavy atom. The fourth-order valence-electron chi connectivity index (χ4n) is 1.85. The normalized spacial score (nSPS) is 10.5. The van der Waals surface area contributed by atoms with Crippen molar-refractivity contribution in [2.75, 3.05) is 5.32 Å². The van der Waals surface area contributed by atoms with E-state index in [0.717, 1.165) is 12.1 Å². The number of nitro benzene ring substituents is 1. The van der Waals surface area contributed by atoms with Crippen LogP contribution in [0.1, 0.15) is 11.1 Å². The zero-order valence-electron chi connectivity index (χ0n) is 11.0. The van der Waals surface area contributed by atoms with Gasteiger partial charge in [-0.1, -0.05) is 11.6 Å². The third kappa shape index (κ3) is 3.46. The fourth-order valence-corrected chi connectivity index (χ4v) is 2.04. The average molecular weight is 313 g/mol. The van der Waals surface area contributed by atoms with Crippen LogP contribution in [0.3, 0.4) is 0 Å². The number of nitrogens with zero attached hydrogens (tertiary/aromatic N) is 1. The van der Waals surface area contributed by atoms with Crippen LogP contribution in [-0.2, 0) is 6.54 Å². The van der Waals surface area contributed by atoms with E-state index >= 15 is 0 Å². The molecule has 0 aromatic heterocycles. The van der Waals surface area contributed by atoms with Crippen molar-refractivity contribution in [3.8, 4) is 0 Å². The summed E-state index contributed by atoms with van der Waals surface area (Å²) >= 11 is 5.80. The highest BCUT2D eigenvalue weighted by molar-refractivity contribution is 6.30. The second kappa shape index (κ2) is 6.05. The Balaban J connectivity index is 2.26. The van der Waals surface area contributed by atoms with Crippen molar-refractivity contribution >= 4 is 23.0 Å². The largest absolute Gasteiger partial charge is 0.378 e. The van der Waals surface area contributed by atoms with Crippen molar-refractivity contribution < 1.29 is 13.7 Å². The van der Waals surface area contributed by atoms with Crippen molar-refractivity contribution in [2.24, 2.45) is 0 Å². The molecule has 0 heterocycles. The van der Waals surface area contributed by atoms with E-state index in [0.29, 0.717) is 5.02 Å². The molecule has 21 heavy (non-hydrogen) atoms. The Kier molecular flexibility index (Phi) is 4.37. The molecule has 4 nitrogen and oxygen atoms in total. The van der Waals surface area contributed by atoms with Gasteiger partial charge < -0.3 is 5.32 Å². The lowest BCUT2D eigenvalue weighted by Gasteiger charge is -2.09. The summed E-state index contributed by atoms with van der Waals surface area (Å²) in [4.78, 5) is 10.4. The molecule has 0 aliphatic carbocycles.